The fraction of sp³-hybridized carbons (Fsp3) is 0.174. The zero-order valence-electron chi connectivity index (χ0n) is 16.6. The second-order valence-corrected chi connectivity index (χ2v) is 8.77. The monoisotopic (exact) mass is 424 g/mol. The Hall–Kier alpha value is -3.16. The summed E-state index contributed by atoms with van der Waals surface area (Å²) in [5.41, 5.74) is 2.15. The number of carbonyl (C=O) groups excluding carboxylic acids is 1. The van der Waals surface area contributed by atoms with E-state index < -0.39 is 15.7 Å². The maximum atomic E-state index is 12.9. The van der Waals surface area contributed by atoms with Crippen LogP contribution in [0.25, 0.3) is 0 Å². The molecule has 7 heteroatoms. The van der Waals surface area contributed by atoms with E-state index in [1.807, 2.05) is 18.2 Å². The van der Waals surface area contributed by atoms with Crippen molar-refractivity contribution in [1.82, 2.24) is 10.6 Å². The molecule has 6 nitrogen and oxygen atoms in total. The van der Waals surface area contributed by atoms with E-state index in [9.17, 15) is 18.3 Å². The molecule has 30 heavy (non-hydrogen) atoms. The maximum Gasteiger partial charge on any atom is 0.254 e. The molecule has 0 saturated heterocycles. The van der Waals surface area contributed by atoms with Crippen LogP contribution in [0.1, 0.15) is 21.5 Å². The molecule has 0 heterocycles. The third-order valence-corrected chi connectivity index (χ3v) is 6.51. The highest BCUT2D eigenvalue weighted by atomic mass is 32.2. The number of benzene rings is 3. The van der Waals surface area contributed by atoms with Gasteiger partial charge in [-0.15, -0.1) is 0 Å². The highest BCUT2D eigenvalue weighted by Gasteiger charge is 2.21. The molecule has 0 spiro atoms. The van der Waals surface area contributed by atoms with Gasteiger partial charge in [-0.25, -0.2) is 8.42 Å². The Morgan fingerprint density at radius 2 is 1.57 bits per heavy atom. The molecule has 156 valence electrons. The minimum absolute atomic E-state index is 0.0452. The van der Waals surface area contributed by atoms with Crippen LogP contribution in [0.5, 0.6) is 5.75 Å². The molecule has 0 aromatic heterocycles. The first-order chi connectivity index (χ1) is 14.4. The van der Waals surface area contributed by atoms with E-state index in [4.69, 9.17) is 0 Å². The SMILES string of the molecule is CNC(=O)c1cc(S(=O)(=O)c2ccc(CCNCc3ccccc3)cc2)ccc1O. The van der Waals surface area contributed by atoms with Gasteiger partial charge in [0.05, 0.1) is 15.4 Å². The largest absolute Gasteiger partial charge is 0.507 e. The number of hydrogen-bond acceptors (Lipinski definition) is 5. The van der Waals surface area contributed by atoms with Gasteiger partial charge in [-0.1, -0.05) is 42.5 Å². The Morgan fingerprint density at radius 1 is 0.900 bits per heavy atom. The Kier molecular flexibility index (Phi) is 6.87. The van der Waals surface area contributed by atoms with Gasteiger partial charge in [0.15, 0.2) is 0 Å². The van der Waals surface area contributed by atoms with Crippen LogP contribution in [0.3, 0.4) is 0 Å². The van der Waals surface area contributed by atoms with Crippen molar-refractivity contribution in [2.45, 2.75) is 22.8 Å². The van der Waals surface area contributed by atoms with Crippen LogP contribution >= 0.6 is 0 Å². The molecule has 3 aromatic carbocycles. The number of nitrogens with one attached hydrogen (secondary N) is 2. The van der Waals surface area contributed by atoms with Crippen molar-refractivity contribution in [3.8, 4) is 5.75 Å². The Bertz CT molecular complexity index is 1110. The van der Waals surface area contributed by atoms with Crippen molar-refractivity contribution in [1.29, 1.82) is 0 Å². The van der Waals surface area contributed by atoms with Crippen molar-refractivity contribution in [3.05, 3.63) is 89.5 Å². The summed E-state index contributed by atoms with van der Waals surface area (Å²) in [6, 6.07) is 20.5. The van der Waals surface area contributed by atoms with E-state index in [0.29, 0.717) is 0 Å². The van der Waals surface area contributed by atoms with Crippen molar-refractivity contribution < 1.29 is 18.3 Å². The number of carbonyl (C=O) groups is 1. The topological polar surface area (TPSA) is 95.5 Å². The summed E-state index contributed by atoms with van der Waals surface area (Å²) in [5.74, 6) is -0.824. The summed E-state index contributed by atoms with van der Waals surface area (Å²) in [6.07, 6.45) is 0.771. The summed E-state index contributed by atoms with van der Waals surface area (Å²) in [7, 11) is -2.39. The van der Waals surface area contributed by atoms with Gasteiger partial charge in [0, 0.05) is 13.6 Å². The van der Waals surface area contributed by atoms with Crippen LogP contribution in [0, 0.1) is 0 Å². The lowest BCUT2D eigenvalue weighted by Crippen LogP contribution is -2.18. The zero-order chi connectivity index (χ0) is 21.6. The van der Waals surface area contributed by atoms with Crippen molar-refractivity contribution in [2.75, 3.05) is 13.6 Å². The number of aromatic hydroxyl groups is 1. The highest BCUT2D eigenvalue weighted by molar-refractivity contribution is 7.91. The minimum atomic E-state index is -3.80. The number of amides is 1. The van der Waals surface area contributed by atoms with Gasteiger partial charge < -0.3 is 15.7 Å². The molecule has 0 bridgehead atoms. The third-order valence-electron chi connectivity index (χ3n) is 4.75. The number of hydrogen-bond donors (Lipinski definition) is 3. The van der Waals surface area contributed by atoms with Gasteiger partial charge in [0.2, 0.25) is 9.84 Å². The first kappa shape index (κ1) is 21.5. The summed E-state index contributed by atoms with van der Waals surface area (Å²) in [6.45, 7) is 1.55. The van der Waals surface area contributed by atoms with E-state index in [1.54, 1.807) is 24.3 Å². The molecule has 0 aliphatic carbocycles. The minimum Gasteiger partial charge on any atom is -0.507 e. The molecule has 3 N–H and O–H groups in total. The number of phenolic OH excluding ortho intramolecular Hbond substituents is 1. The molecule has 0 atom stereocenters. The normalized spacial score (nSPS) is 11.2. The second kappa shape index (κ2) is 9.56. The average Bonchev–Trinajstić information content (AvgIpc) is 2.77. The lowest BCUT2D eigenvalue weighted by Gasteiger charge is -2.09. The summed E-state index contributed by atoms with van der Waals surface area (Å²) in [4.78, 5) is 11.9. The average molecular weight is 425 g/mol. The van der Waals surface area contributed by atoms with Gasteiger partial charge in [-0.05, 0) is 54.4 Å². The van der Waals surface area contributed by atoms with Crippen molar-refractivity contribution >= 4 is 15.7 Å². The first-order valence-electron chi connectivity index (χ1n) is 9.55. The van der Waals surface area contributed by atoms with Gasteiger partial charge in [-0.3, -0.25) is 4.79 Å². The van der Waals surface area contributed by atoms with E-state index in [1.165, 1.54) is 30.8 Å². The van der Waals surface area contributed by atoms with Gasteiger partial charge in [0.1, 0.15) is 5.75 Å². The number of phenols is 1. The van der Waals surface area contributed by atoms with Crippen LogP contribution in [-0.2, 0) is 22.8 Å². The molecular weight excluding hydrogens is 400 g/mol. The van der Waals surface area contributed by atoms with Crippen molar-refractivity contribution in [3.63, 3.8) is 0 Å². The Morgan fingerprint density at radius 3 is 2.23 bits per heavy atom. The predicted molar refractivity (Wildman–Crippen MR) is 115 cm³/mol. The van der Waals surface area contributed by atoms with E-state index >= 15 is 0 Å². The highest BCUT2D eigenvalue weighted by Crippen LogP contribution is 2.26. The summed E-state index contributed by atoms with van der Waals surface area (Å²) in [5, 5.41) is 15.6. The molecule has 3 aromatic rings. The number of sulfone groups is 1. The first-order valence-corrected chi connectivity index (χ1v) is 11.0. The van der Waals surface area contributed by atoms with Gasteiger partial charge in [-0.2, -0.15) is 0 Å². The van der Waals surface area contributed by atoms with E-state index in [-0.39, 0.29) is 21.1 Å². The summed E-state index contributed by atoms with van der Waals surface area (Å²) >= 11 is 0. The molecule has 0 saturated carbocycles. The Balaban J connectivity index is 1.67. The molecule has 0 aliphatic rings. The molecule has 1 amide bonds. The molecule has 0 unspecified atom stereocenters. The van der Waals surface area contributed by atoms with Gasteiger partial charge >= 0.3 is 0 Å². The quantitative estimate of drug-likeness (QED) is 0.483. The van der Waals surface area contributed by atoms with Crippen LogP contribution in [0.4, 0.5) is 0 Å². The Labute approximate surface area is 176 Å². The van der Waals surface area contributed by atoms with Crippen LogP contribution < -0.4 is 10.6 Å². The van der Waals surface area contributed by atoms with E-state index in [2.05, 4.69) is 22.8 Å². The second-order valence-electron chi connectivity index (χ2n) is 6.82. The standard InChI is InChI=1S/C23H24N2O4S/c1-24-23(27)21-15-20(11-12-22(21)26)30(28,29)19-9-7-17(8-10-19)13-14-25-16-18-5-3-2-4-6-18/h2-12,15,25-26H,13-14,16H2,1H3,(H,24,27). The fourth-order valence-electron chi connectivity index (χ4n) is 3.03. The maximum absolute atomic E-state index is 12.9. The van der Waals surface area contributed by atoms with Crippen LogP contribution in [-0.4, -0.2) is 33.0 Å². The van der Waals surface area contributed by atoms with Crippen molar-refractivity contribution in [2.24, 2.45) is 0 Å². The lowest BCUT2D eigenvalue weighted by atomic mass is 10.1. The molecule has 0 aliphatic heterocycles. The predicted octanol–water partition coefficient (Wildman–Crippen LogP) is 2.92. The smallest absolute Gasteiger partial charge is 0.254 e. The third kappa shape index (κ3) is 5.06. The van der Waals surface area contributed by atoms with Crippen LogP contribution in [0.15, 0.2) is 82.6 Å². The fourth-order valence-corrected chi connectivity index (χ4v) is 4.32. The summed E-state index contributed by atoms with van der Waals surface area (Å²) < 4.78 is 25.8. The van der Waals surface area contributed by atoms with Crippen LogP contribution in [0.2, 0.25) is 0 Å². The van der Waals surface area contributed by atoms with Gasteiger partial charge in [0.25, 0.3) is 5.91 Å². The number of rotatable bonds is 8. The lowest BCUT2D eigenvalue weighted by molar-refractivity contribution is 0.0960. The molecule has 0 radical (unpaired) electrons. The molecular formula is C23H24N2O4S. The molecule has 0 fully saturated rings. The van der Waals surface area contributed by atoms with E-state index in [0.717, 1.165) is 25.1 Å². The zero-order valence-corrected chi connectivity index (χ0v) is 17.4. The molecule has 3 rings (SSSR count).